The summed E-state index contributed by atoms with van der Waals surface area (Å²) in [5.74, 6) is 0.213. The summed E-state index contributed by atoms with van der Waals surface area (Å²) >= 11 is 0. The molecule has 3 rings (SSSR count). The first-order valence-corrected chi connectivity index (χ1v) is 8.86. The summed E-state index contributed by atoms with van der Waals surface area (Å²) < 4.78 is 10.8. The maximum Gasteiger partial charge on any atom is 0.298 e. The van der Waals surface area contributed by atoms with Gasteiger partial charge in [0.05, 0.1) is 6.61 Å². The predicted molar refractivity (Wildman–Crippen MR) is 96.7 cm³/mol. The molecule has 7 nitrogen and oxygen atoms in total. The van der Waals surface area contributed by atoms with Crippen LogP contribution in [0.3, 0.4) is 0 Å². The average Bonchev–Trinajstić information content (AvgIpc) is 3.09. The first-order chi connectivity index (χ1) is 12.3. The molecule has 0 atom stereocenters. The van der Waals surface area contributed by atoms with Gasteiger partial charge in [0, 0.05) is 45.8 Å². The van der Waals surface area contributed by atoms with Crippen LogP contribution < -0.4 is 15.5 Å². The zero-order chi connectivity index (χ0) is 17.5. The molecule has 2 N–H and O–H groups in total. The molecule has 0 bridgehead atoms. The van der Waals surface area contributed by atoms with E-state index in [4.69, 9.17) is 9.15 Å². The summed E-state index contributed by atoms with van der Waals surface area (Å²) in [6.07, 6.45) is 1.64. The molecule has 1 aliphatic rings. The summed E-state index contributed by atoms with van der Waals surface area (Å²) in [5.41, 5.74) is 1.68. The predicted octanol–water partition coefficient (Wildman–Crippen LogP) is 1.40. The number of fused-ring (bicyclic) bond motifs is 1. The molecule has 1 amide bonds. The van der Waals surface area contributed by atoms with Crippen molar-refractivity contribution in [3.63, 3.8) is 0 Å². The van der Waals surface area contributed by atoms with Crippen molar-refractivity contribution >= 4 is 23.0 Å². The lowest BCUT2D eigenvalue weighted by atomic mass is 9.96. The molecular formula is C18H26N4O3. The number of benzene rings is 1. The number of aromatic nitrogens is 1. The minimum Gasteiger partial charge on any atom is -0.423 e. The lowest BCUT2D eigenvalue weighted by Crippen LogP contribution is -2.42. The number of piperidine rings is 1. The maximum atomic E-state index is 12.2. The van der Waals surface area contributed by atoms with Crippen molar-refractivity contribution in [2.75, 3.05) is 51.3 Å². The molecule has 0 saturated carbocycles. The van der Waals surface area contributed by atoms with Gasteiger partial charge >= 0.3 is 0 Å². The summed E-state index contributed by atoms with van der Waals surface area (Å²) in [7, 11) is 1.68. The molecule has 1 saturated heterocycles. The molecule has 7 heteroatoms. The van der Waals surface area contributed by atoms with Gasteiger partial charge in [-0.1, -0.05) is 12.1 Å². The second kappa shape index (κ2) is 8.82. The molecule has 1 aliphatic heterocycles. The topological polar surface area (TPSA) is 79.6 Å². The van der Waals surface area contributed by atoms with Crippen molar-refractivity contribution in [1.29, 1.82) is 0 Å². The van der Waals surface area contributed by atoms with Crippen molar-refractivity contribution in [1.82, 2.24) is 15.6 Å². The van der Waals surface area contributed by atoms with E-state index in [1.54, 1.807) is 7.11 Å². The number of carbonyl (C=O) groups is 1. The molecule has 0 unspecified atom stereocenters. The quantitative estimate of drug-likeness (QED) is 0.704. The van der Waals surface area contributed by atoms with E-state index in [1.165, 1.54) is 0 Å². The van der Waals surface area contributed by atoms with Crippen molar-refractivity contribution in [2.24, 2.45) is 5.92 Å². The van der Waals surface area contributed by atoms with Gasteiger partial charge in [-0.15, -0.1) is 0 Å². The Morgan fingerprint density at radius 1 is 1.28 bits per heavy atom. The van der Waals surface area contributed by atoms with Crippen molar-refractivity contribution in [3.05, 3.63) is 24.3 Å². The Bertz CT molecular complexity index is 647. The number of hydrogen-bond acceptors (Lipinski definition) is 6. The Labute approximate surface area is 147 Å². The number of amides is 1. The van der Waals surface area contributed by atoms with Gasteiger partial charge in [-0.25, -0.2) is 0 Å². The number of nitrogens with zero attached hydrogens (tertiary/aromatic N) is 2. The first-order valence-electron chi connectivity index (χ1n) is 8.86. The van der Waals surface area contributed by atoms with Gasteiger partial charge in [0.1, 0.15) is 5.52 Å². The third-order valence-corrected chi connectivity index (χ3v) is 4.50. The highest BCUT2D eigenvalue weighted by Gasteiger charge is 2.26. The van der Waals surface area contributed by atoms with Gasteiger partial charge in [0.2, 0.25) is 5.91 Å². The Hall–Kier alpha value is -2.12. The minimum atomic E-state index is 0.0691. The molecule has 25 heavy (non-hydrogen) atoms. The summed E-state index contributed by atoms with van der Waals surface area (Å²) in [5, 5.41) is 6.22. The van der Waals surface area contributed by atoms with Gasteiger partial charge < -0.3 is 24.7 Å². The van der Waals surface area contributed by atoms with Crippen LogP contribution in [0.2, 0.25) is 0 Å². The molecule has 0 aliphatic carbocycles. The van der Waals surface area contributed by atoms with E-state index in [1.807, 2.05) is 24.3 Å². The maximum absolute atomic E-state index is 12.2. The van der Waals surface area contributed by atoms with Crippen LogP contribution in [0.4, 0.5) is 6.01 Å². The Balaban J connectivity index is 1.41. The molecule has 1 aromatic carbocycles. The van der Waals surface area contributed by atoms with Crippen LogP contribution >= 0.6 is 0 Å². The van der Waals surface area contributed by atoms with Gasteiger partial charge in [-0.2, -0.15) is 4.98 Å². The Kier molecular flexibility index (Phi) is 6.25. The standard InChI is InChI=1S/C18H26N4O3/c1-24-13-10-19-8-9-20-17(23)14-6-11-22(12-7-14)18-21-15-4-2-3-5-16(15)25-18/h2-5,14,19H,6-13H2,1H3,(H,20,23). The second-order valence-corrected chi connectivity index (χ2v) is 6.26. The van der Waals surface area contributed by atoms with E-state index in [-0.39, 0.29) is 11.8 Å². The highest BCUT2D eigenvalue weighted by atomic mass is 16.5. The number of hydrogen-bond donors (Lipinski definition) is 2. The summed E-state index contributed by atoms with van der Waals surface area (Å²) in [4.78, 5) is 18.9. The molecular weight excluding hydrogens is 320 g/mol. The minimum absolute atomic E-state index is 0.0691. The number of carbonyl (C=O) groups excluding carboxylic acids is 1. The zero-order valence-electron chi connectivity index (χ0n) is 14.7. The third kappa shape index (κ3) is 4.70. The van der Waals surface area contributed by atoms with Crippen molar-refractivity contribution < 1.29 is 13.9 Å². The third-order valence-electron chi connectivity index (χ3n) is 4.50. The van der Waals surface area contributed by atoms with Crippen LogP contribution in [0, 0.1) is 5.92 Å². The fraction of sp³-hybridized carbons (Fsp3) is 0.556. The normalized spacial score (nSPS) is 15.6. The van der Waals surface area contributed by atoms with Crippen molar-refractivity contribution in [3.8, 4) is 0 Å². The molecule has 2 aromatic rings. The van der Waals surface area contributed by atoms with Crippen molar-refractivity contribution in [2.45, 2.75) is 12.8 Å². The van der Waals surface area contributed by atoms with E-state index >= 15 is 0 Å². The SMILES string of the molecule is COCCNCCNC(=O)C1CCN(c2nc3ccccc3o2)CC1. The number of ether oxygens (including phenoxy) is 1. The van der Waals surface area contributed by atoms with E-state index < -0.39 is 0 Å². The second-order valence-electron chi connectivity index (χ2n) is 6.26. The van der Waals surface area contributed by atoms with Gasteiger partial charge in [-0.05, 0) is 25.0 Å². The molecule has 2 heterocycles. The Morgan fingerprint density at radius 2 is 2.08 bits per heavy atom. The highest BCUT2D eigenvalue weighted by molar-refractivity contribution is 5.79. The van der Waals surface area contributed by atoms with Crippen LogP contribution in [0.15, 0.2) is 28.7 Å². The lowest BCUT2D eigenvalue weighted by Gasteiger charge is -2.30. The molecule has 1 aromatic heterocycles. The number of nitrogens with one attached hydrogen (secondary N) is 2. The summed E-state index contributed by atoms with van der Waals surface area (Å²) in [6, 6.07) is 8.42. The number of rotatable bonds is 8. The number of anilines is 1. The number of para-hydroxylation sites is 2. The number of oxazole rings is 1. The molecule has 0 spiro atoms. The molecule has 136 valence electrons. The van der Waals surface area contributed by atoms with Crippen LogP contribution in [0.25, 0.3) is 11.1 Å². The summed E-state index contributed by atoms with van der Waals surface area (Å²) in [6.45, 7) is 4.47. The molecule has 1 fully saturated rings. The smallest absolute Gasteiger partial charge is 0.298 e. The molecule has 0 radical (unpaired) electrons. The van der Waals surface area contributed by atoms with Gasteiger partial charge in [0.25, 0.3) is 6.01 Å². The fourth-order valence-electron chi connectivity index (χ4n) is 3.05. The van der Waals surface area contributed by atoms with E-state index in [0.717, 1.165) is 50.1 Å². The fourth-order valence-corrected chi connectivity index (χ4v) is 3.05. The zero-order valence-corrected chi connectivity index (χ0v) is 14.7. The van der Waals surface area contributed by atoms with Crippen LogP contribution in [-0.4, -0.2) is 57.3 Å². The monoisotopic (exact) mass is 346 g/mol. The van der Waals surface area contributed by atoms with Gasteiger partial charge in [-0.3, -0.25) is 4.79 Å². The van der Waals surface area contributed by atoms with Gasteiger partial charge in [0.15, 0.2) is 5.58 Å². The number of methoxy groups -OCH3 is 1. The van der Waals surface area contributed by atoms with E-state index in [0.29, 0.717) is 19.2 Å². The van der Waals surface area contributed by atoms with E-state index in [9.17, 15) is 4.79 Å². The van der Waals surface area contributed by atoms with Crippen LogP contribution in [0.1, 0.15) is 12.8 Å². The largest absolute Gasteiger partial charge is 0.423 e. The van der Waals surface area contributed by atoms with Crippen LogP contribution in [-0.2, 0) is 9.53 Å². The lowest BCUT2D eigenvalue weighted by molar-refractivity contribution is -0.125. The highest BCUT2D eigenvalue weighted by Crippen LogP contribution is 2.26. The van der Waals surface area contributed by atoms with Crippen LogP contribution in [0.5, 0.6) is 0 Å². The average molecular weight is 346 g/mol. The van der Waals surface area contributed by atoms with E-state index in [2.05, 4.69) is 20.5 Å². The Morgan fingerprint density at radius 3 is 2.84 bits per heavy atom. The first kappa shape index (κ1) is 17.7.